The van der Waals surface area contributed by atoms with Gasteiger partial charge in [0.05, 0.1) is 0 Å². The molecule has 134 valence electrons. The van der Waals surface area contributed by atoms with Crippen LogP contribution in [0.1, 0.15) is 84.0 Å². The third kappa shape index (κ3) is 18.6. The van der Waals surface area contributed by atoms with Crippen molar-refractivity contribution in [2.45, 2.75) is 84.0 Å². The van der Waals surface area contributed by atoms with Crippen molar-refractivity contribution < 1.29 is 9.59 Å². The molecule has 0 spiro atoms. The van der Waals surface area contributed by atoms with Crippen LogP contribution in [0.15, 0.2) is 12.2 Å². The molecule has 0 heterocycles. The molecule has 0 saturated heterocycles. The molecule has 4 nitrogen and oxygen atoms in total. The number of allylic oxidation sites excluding steroid dienone is 2. The first-order valence-corrected chi connectivity index (χ1v) is 9.41. The van der Waals surface area contributed by atoms with Crippen molar-refractivity contribution >= 4 is 12.3 Å². The molecule has 0 rings (SSSR count). The lowest BCUT2D eigenvalue weighted by Gasteiger charge is -2.06. The Labute approximate surface area is 142 Å². The second-order valence-electron chi connectivity index (χ2n) is 6.02. The van der Waals surface area contributed by atoms with Gasteiger partial charge in [-0.15, -0.1) is 0 Å². The second-order valence-corrected chi connectivity index (χ2v) is 6.02. The van der Waals surface area contributed by atoms with E-state index in [4.69, 9.17) is 0 Å². The summed E-state index contributed by atoms with van der Waals surface area (Å²) in [5.74, 6) is 0. The van der Waals surface area contributed by atoms with Gasteiger partial charge in [0.15, 0.2) is 0 Å². The molecule has 2 amide bonds. The number of nitrogens with one attached hydrogen (secondary N) is 2. The van der Waals surface area contributed by atoms with E-state index in [1.807, 2.05) is 0 Å². The lowest BCUT2D eigenvalue weighted by atomic mass is 10.1. The van der Waals surface area contributed by atoms with Gasteiger partial charge < -0.3 is 15.4 Å². The van der Waals surface area contributed by atoms with Gasteiger partial charge in [0.1, 0.15) is 6.29 Å². The Morgan fingerprint density at radius 1 is 0.739 bits per heavy atom. The van der Waals surface area contributed by atoms with Crippen molar-refractivity contribution in [2.75, 3.05) is 13.1 Å². The Hall–Kier alpha value is -1.32. The zero-order chi connectivity index (χ0) is 17.0. The van der Waals surface area contributed by atoms with Crippen LogP contribution in [0.4, 0.5) is 4.79 Å². The highest BCUT2D eigenvalue weighted by atomic mass is 16.2. The van der Waals surface area contributed by atoms with Crippen molar-refractivity contribution in [3.8, 4) is 0 Å². The Morgan fingerprint density at radius 3 is 1.83 bits per heavy atom. The van der Waals surface area contributed by atoms with Gasteiger partial charge in [-0.3, -0.25) is 0 Å². The third-order valence-corrected chi connectivity index (χ3v) is 3.76. The number of unbranched alkanes of at least 4 members (excludes halogenated alkanes) is 9. The molecule has 0 aromatic rings. The molecule has 0 aliphatic heterocycles. The monoisotopic (exact) mass is 324 g/mol. The van der Waals surface area contributed by atoms with E-state index in [0.717, 1.165) is 57.9 Å². The lowest BCUT2D eigenvalue weighted by Crippen LogP contribution is -2.36. The number of aldehydes is 1. The van der Waals surface area contributed by atoms with Crippen LogP contribution in [0.3, 0.4) is 0 Å². The fourth-order valence-electron chi connectivity index (χ4n) is 2.31. The average Bonchev–Trinajstić information content (AvgIpc) is 2.56. The van der Waals surface area contributed by atoms with E-state index >= 15 is 0 Å². The molecule has 0 aromatic heterocycles. The van der Waals surface area contributed by atoms with Gasteiger partial charge >= 0.3 is 6.03 Å². The van der Waals surface area contributed by atoms with Crippen LogP contribution in [-0.4, -0.2) is 25.4 Å². The number of carbonyl (C=O) groups is 2. The minimum Gasteiger partial charge on any atom is -0.338 e. The van der Waals surface area contributed by atoms with E-state index < -0.39 is 0 Å². The molecule has 0 aliphatic rings. The van der Waals surface area contributed by atoms with Crippen LogP contribution < -0.4 is 10.6 Å². The molecular weight excluding hydrogens is 288 g/mol. The summed E-state index contributed by atoms with van der Waals surface area (Å²) in [5, 5.41) is 5.77. The SMILES string of the molecule is CCCCCNC(=O)NCCCC/C=C\CCCCCCC=O. The number of hydrogen-bond donors (Lipinski definition) is 2. The topological polar surface area (TPSA) is 58.2 Å². The Kier molecular flexibility index (Phi) is 17.7. The summed E-state index contributed by atoms with van der Waals surface area (Å²) in [5.41, 5.74) is 0. The molecule has 0 radical (unpaired) electrons. The molecule has 0 unspecified atom stereocenters. The molecule has 4 heteroatoms. The van der Waals surface area contributed by atoms with Crippen molar-refractivity contribution in [1.82, 2.24) is 10.6 Å². The molecule has 0 saturated carbocycles. The summed E-state index contributed by atoms with van der Waals surface area (Å²) in [4.78, 5) is 21.6. The predicted molar refractivity (Wildman–Crippen MR) is 97.7 cm³/mol. The summed E-state index contributed by atoms with van der Waals surface area (Å²) < 4.78 is 0. The van der Waals surface area contributed by atoms with Gasteiger partial charge in [-0.05, 0) is 44.9 Å². The first-order chi connectivity index (χ1) is 11.3. The number of urea groups is 1. The Bertz CT molecular complexity index is 304. The van der Waals surface area contributed by atoms with Gasteiger partial charge in [0.2, 0.25) is 0 Å². The summed E-state index contributed by atoms with van der Waals surface area (Å²) in [7, 11) is 0. The number of amides is 2. The average molecular weight is 325 g/mol. The normalized spacial score (nSPS) is 10.8. The highest BCUT2D eigenvalue weighted by molar-refractivity contribution is 5.73. The standard InChI is InChI=1S/C19H36N2O2/c1-2-3-13-16-20-19(23)21-17-14-11-9-7-5-4-6-8-10-12-15-18-22/h5,7,18H,2-4,6,8-17H2,1H3,(H2,20,21,23)/b7-5-. The lowest BCUT2D eigenvalue weighted by molar-refractivity contribution is -0.107. The quantitative estimate of drug-likeness (QED) is 0.245. The largest absolute Gasteiger partial charge is 0.338 e. The van der Waals surface area contributed by atoms with Gasteiger partial charge in [-0.2, -0.15) is 0 Å². The zero-order valence-electron chi connectivity index (χ0n) is 14.9. The van der Waals surface area contributed by atoms with Crippen molar-refractivity contribution in [3.63, 3.8) is 0 Å². The number of hydrogen-bond acceptors (Lipinski definition) is 2. The highest BCUT2D eigenvalue weighted by Crippen LogP contribution is 2.05. The minimum atomic E-state index is -0.0359. The van der Waals surface area contributed by atoms with E-state index in [1.165, 1.54) is 32.1 Å². The van der Waals surface area contributed by atoms with Gasteiger partial charge in [0, 0.05) is 19.5 Å². The molecule has 0 aliphatic carbocycles. The third-order valence-electron chi connectivity index (χ3n) is 3.76. The number of carbonyl (C=O) groups excluding carboxylic acids is 2. The molecule has 0 atom stereocenters. The second kappa shape index (κ2) is 18.7. The van der Waals surface area contributed by atoms with E-state index in [0.29, 0.717) is 6.42 Å². The maximum absolute atomic E-state index is 11.5. The van der Waals surface area contributed by atoms with Gasteiger partial charge in [-0.25, -0.2) is 4.79 Å². The first-order valence-electron chi connectivity index (χ1n) is 9.41. The Morgan fingerprint density at radius 2 is 1.26 bits per heavy atom. The van der Waals surface area contributed by atoms with Crippen molar-refractivity contribution in [3.05, 3.63) is 12.2 Å². The van der Waals surface area contributed by atoms with Crippen molar-refractivity contribution in [2.24, 2.45) is 0 Å². The summed E-state index contributed by atoms with van der Waals surface area (Å²) in [6.07, 6.45) is 18.6. The summed E-state index contributed by atoms with van der Waals surface area (Å²) >= 11 is 0. The van der Waals surface area contributed by atoms with Gasteiger partial charge in [-0.1, -0.05) is 44.8 Å². The molecule has 0 aromatic carbocycles. The van der Waals surface area contributed by atoms with Crippen LogP contribution in [-0.2, 0) is 4.79 Å². The Balaban J connectivity index is 3.21. The van der Waals surface area contributed by atoms with E-state index in [9.17, 15) is 9.59 Å². The smallest absolute Gasteiger partial charge is 0.314 e. The van der Waals surface area contributed by atoms with E-state index in [-0.39, 0.29) is 6.03 Å². The van der Waals surface area contributed by atoms with Crippen LogP contribution in [0, 0.1) is 0 Å². The van der Waals surface area contributed by atoms with E-state index in [2.05, 4.69) is 29.7 Å². The summed E-state index contributed by atoms with van der Waals surface area (Å²) in [6, 6.07) is -0.0359. The molecule has 0 bridgehead atoms. The molecule has 2 N–H and O–H groups in total. The van der Waals surface area contributed by atoms with Crippen LogP contribution in [0.25, 0.3) is 0 Å². The van der Waals surface area contributed by atoms with E-state index in [1.54, 1.807) is 0 Å². The predicted octanol–water partition coefficient (Wildman–Crippen LogP) is 4.74. The van der Waals surface area contributed by atoms with Crippen LogP contribution >= 0.6 is 0 Å². The molecule has 23 heavy (non-hydrogen) atoms. The highest BCUT2D eigenvalue weighted by Gasteiger charge is 1.97. The molecule has 0 fully saturated rings. The van der Waals surface area contributed by atoms with Gasteiger partial charge in [0.25, 0.3) is 0 Å². The van der Waals surface area contributed by atoms with Crippen LogP contribution in [0.2, 0.25) is 0 Å². The zero-order valence-corrected chi connectivity index (χ0v) is 14.9. The maximum Gasteiger partial charge on any atom is 0.314 e. The number of rotatable bonds is 16. The van der Waals surface area contributed by atoms with Crippen LogP contribution in [0.5, 0.6) is 0 Å². The fraction of sp³-hybridized carbons (Fsp3) is 0.789. The van der Waals surface area contributed by atoms with Crippen molar-refractivity contribution in [1.29, 1.82) is 0 Å². The summed E-state index contributed by atoms with van der Waals surface area (Å²) in [6.45, 7) is 3.69. The molecular formula is C19H36N2O2. The first kappa shape index (κ1) is 21.7. The fourth-order valence-corrected chi connectivity index (χ4v) is 2.31. The maximum atomic E-state index is 11.5. The minimum absolute atomic E-state index is 0.0359.